The molecule has 0 aromatic heterocycles. The highest BCUT2D eigenvalue weighted by Gasteiger charge is 2.35. The lowest BCUT2D eigenvalue weighted by Crippen LogP contribution is -2.25. The zero-order chi connectivity index (χ0) is 20.8. The summed E-state index contributed by atoms with van der Waals surface area (Å²) in [5, 5.41) is 38.3. The lowest BCUT2D eigenvalue weighted by atomic mass is 10.1. The molecule has 0 saturated carbocycles. The van der Waals surface area contributed by atoms with E-state index >= 15 is 0 Å². The first-order valence-electron chi connectivity index (χ1n) is 9.98. The molecule has 28 heavy (non-hydrogen) atoms. The van der Waals surface area contributed by atoms with Crippen molar-refractivity contribution in [1.29, 1.82) is 0 Å². The van der Waals surface area contributed by atoms with Crippen molar-refractivity contribution in [2.45, 2.75) is 82.4 Å². The monoisotopic (exact) mass is 394 g/mol. The lowest BCUT2D eigenvalue weighted by Gasteiger charge is -2.16. The van der Waals surface area contributed by atoms with Crippen molar-refractivity contribution >= 4 is 5.97 Å². The Kier molecular flexibility index (Phi) is 12.4. The van der Waals surface area contributed by atoms with Gasteiger partial charge in [-0.15, -0.1) is 0 Å². The van der Waals surface area contributed by atoms with Crippen LogP contribution < -0.4 is 0 Å². The molecule has 1 aliphatic heterocycles. The second kappa shape index (κ2) is 14.3. The summed E-state index contributed by atoms with van der Waals surface area (Å²) in [6.07, 6.45) is 16.0. The predicted octanol–water partition coefficient (Wildman–Crippen LogP) is 2.90. The Morgan fingerprint density at radius 2 is 1.75 bits per heavy atom. The number of ether oxygens (including phenoxy) is 1. The van der Waals surface area contributed by atoms with E-state index in [0.29, 0.717) is 25.7 Å². The summed E-state index contributed by atoms with van der Waals surface area (Å²) in [5.74, 6) is -0.784. The summed E-state index contributed by atoms with van der Waals surface area (Å²) in [6, 6.07) is 0. The smallest absolute Gasteiger partial charge is 0.303 e. The van der Waals surface area contributed by atoms with Gasteiger partial charge >= 0.3 is 5.97 Å². The van der Waals surface area contributed by atoms with E-state index in [1.54, 1.807) is 12.2 Å². The average Bonchev–Trinajstić information content (AvgIpc) is 3.04. The minimum absolute atomic E-state index is 0.160. The van der Waals surface area contributed by atoms with Crippen LogP contribution in [0.25, 0.3) is 0 Å². The van der Waals surface area contributed by atoms with Crippen molar-refractivity contribution in [3.05, 3.63) is 48.6 Å². The first kappa shape index (κ1) is 24.3. The molecule has 0 radical (unpaired) electrons. The van der Waals surface area contributed by atoms with Gasteiger partial charge in [-0.05, 0) is 32.1 Å². The number of hydrogen-bond acceptors (Lipinski definition) is 5. The van der Waals surface area contributed by atoms with E-state index in [1.165, 1.54) is 0 Å². The average molecular weight is 395 g/mol. The molecule has 0 amide bonds. The van der Waals surface area contributed by atoms with Gasteiger partial charge in [0.25, 0.3) is 0 Å². The molecular formula is C22H34O6. The highest BCUT2D eigenvalue weighted by molar-refractivity contribution is 5.66. The number of carboxylic acid groups (broad SMARTS) is 1. The largest absolute Gasteiger partial charge is 0.481 e. The van der Waals surface area contributed by atoms with Crippen molar-refractivity contribution in [3.8, 4) is 0 Å². The minimum atomic E-state index is -0.784. The third-order valence-electron chi connectivity index (χ3n) is 4.50. The molecule has 4 N–H and O–H groups in total. The molecule has 6 heteroatoms. The SMILES string of the molecule is CC[C@@H](O)[C@@H]1C[C@@H](O)[C@H](/C=C/[C@H](O)C/C=C\C/C=C\C/C=C\CCC(=O)O)O1. The Balaban J connectivity index is 2.18. The van der Waals surface area contributed by atoms with Crippen LogP contribution in [0.4, 0.5) is 0 Å². The van der Waals surface area contributed by atoms with Crippen LogP contribution in [0, 0.1) is 0 Å². The standard InChI is InChI=1S/C22H34O6/c1-2-18(24)21-16-19(25)20(28-21)15-14-17(23)12-10-8-6-4-3-5-7-9-11-13-22(26)27/h3-4,7-10,14-15,17-21,23-25H,2,5-6,11-13,16H2,1H3,(H,26,27)/b4-3-,9-7-,10-8-,15-14+/t17-,18-,19-,20+,21+/m1/s1. The molecule has 1 aliphatic rings. The number of allylic oxidation sites excluding steroid dienone is 5. The van der Waals surface area contributed by atoms with Crippen LogP contribution in [0.15, 0.2) is 48.6 Å². The fourth-order valence-corrected chi connectivity index (χ4v) is 2.82. The molecular weight excluding hydrogens is 360 g/mol. The first-order valence-corrected chi connectivity index (χ1v) is 9.98. The summed E-state index contributed by atoms with van der Waals surface area (Å²) in [6.45, 7) is 1.87. The quantitative estimate of drug-likeness (QED) is 0.358. The zero-order valence-corrected chi connectivity index (χ0v) is 16.6. The fraction of sp³-hybridized carbons (Fsp3) is 0.591. The summed E-state index contributed by atoms with van der Waals surface area (Å²) in [4.78, 5) is 10.3. The number of aliphatic carboxylic acids is 1. The van der Waals surface area contributed by atoms with Gasteiger partial charge < -0.3 is 25.2 Å². The molecule has 0 aromatic carbocycles. The Hall–Kier alpha value is -1.73. The maximum Gasteiger partial charge on any atom is 0.303 e. The van der Waals surface area contributed by atoms with E-state index < -0.39 is 30.4 Å². The summed E-state index contributed by atoms with van der Waals surface area (Å²) >= 11 is 0. The van der Waals surface area contributed by atoms with Crippen LogP contribution in [0.5, 0.6) is 0 Å². The van der Waals surface area contributed by atoms with Crippen molar-refractivity contribution in [2.24, 2.45) is 0 Å². The highest BCUT2D eigenvalue weighted by atomic mass is 16.5. The molecule has 1 saturated heterocycles. The van der Waals surface area contributed by atoms with Gasteiger partial charge in [0.15, 0.2) is 0 Å². The summed E-state index contributed by atoms with van der Waals surface area (Å²) in [7, 11) is 0. The molecule has 1 heterocycles. The van der Waals surface area contributed by atoms with Crippen LogP contribution in [0.1, 0.15) is 51.9 Å². The zero-order valence-electron chi connectivity index (χ0n) is 16.6. The molecule has 1 fully saturated rings. The van der Waals surface area contributed by atoms with Gasteiger partial charge in [-0.2, -0.15) is 0 Å². The van der Waals surface area contributed by atoms with Crippen molar-refractivity contribution in [2.75, 3.05) is 0 Å². The normalized spacial score (nSPS) is 25.5. The molecule has 0 aliphatic carbocycles. The maximum absolute atomic E-state index is 10.3. The predicted molar refractivity (Wildman–Crippen MR) is 109 cm³/mol. The van der Waals surface area contributed by atoms with Gasteiger partial charge in [0.2, 0.25) is 0 Å². The van der Waals surface area contributed by atoms with Crippen LogP contribution in [0.3, 0.4) is 0 Å². The number of carboxylic acids is 1. The van der Waals surface area contributed by atoms with E-state index in [1.807, 2.05) is 43.4 Å². The Morgan fingerprint density at radius 3 is 2.39 bits per heavy atom. The van der Waals surface area contributed by atoms with Crippen molar-refractivity contribution < 1.29 is 30.0 Å². The van der Waals surface area contributed by atoms with E-state index in [9.17, 15) is 20.1 Å². The molecule has 1 rings (SSSR count). The number of aliphatic hydroxyl groups is 3. The molecule has 0 bridgehead atoms. The highest BCUT2D eigenvalue weighted by Crippen LogP contribution is 2.25. The van der Waals surface area contributed by atoms with Gasteiger partial charge in [0.1, 0.15) is 6.10 Å². The first-order chi connectivity index (χ1) is 13.4. The van der Waals surface area contributed by atoms with Crippen LogP contribution in [-0.4, -0.2) is 56.9 Å². The van der Waals surface area contributed by atoms with E-state index in [-0.39, 0.29) is 12.5 Å². The lowest BCUT2D eigenvalue weighted by molar-refractivity contribution is -0.136. The minimum Gasteiger partial charge on any atom is -0.481 e. The van der Waals surface area contributed by atoms with Gasteiger partial charge in [0.05, 0.1) is 24.4 Å². The third kappa shape index (κ3) is 10.6. The second-order valence-electron chi connectivity index (χ2n) is 6.92. The third-order valence-corrected chi connectivity index (χ3v) is 4.50. The Labute approximate surface area is 167 Å². The number of rotatable bonds is 13. The second-order valence-corrected chi connectivity index (χ2v) is 6.92. The van der Waals surface area contributed by atoms with Crippen LogP contribution in [-0.2, 0) is 9.53 Å². The number of hydrogen-bond donors (Lipinski definition) is 4. The van der Waals surface area contributed by atoms with Crippen molar-refractivity contribution in [3.63, 3.8) is 0 Å². The topological polar surface area (TPSA) is 107 Å². The Bertz CT molecular complexity index is 551. The van der Waals surface area contributed by atoms with Crippen molar-refractivity contribution in [1.82, 2.24) is 0 Å². The van der Waals surface area contributed by atoms with Gasteiger partial charge in [-0.25, -0.2) is 0 Å². The molecule has 6 nitrogen and oxygen atoms in total. The molecule has 0 spiro atoms. The number of aliphatic hydroxyl groups excluding tert-OH is 3. The van der Waals surface area contributed by atoms with Crippen LogP contribution >= 0.6 is 0 Å². The summed E-state index contributed by atoms with van der Waals surface area (Å²) in [5.41, 5.74) is 0. The maximum atomic E-state index is 10.3. The molecule has 158 valence electrons. The van der Waals surface area contributed by atoms with Crippen LogP contribution in [0.2, 0.25) is 0 Å². The summed E-state index contributed by atoms with van der Waals surface area (Å²) < 4.78 is 5.63. The Morgan fingerprint density at radius 1 is 1.11 bits per heavy atom. The van der Waals surface area contributed by atoms with Gasteiger partial charge in [-0.3, -0.25) is 4.79 Å². The van der Waals surface area contributed by atoms with E-state index in [4.69, 9.17) is 9.84 Å². The van der Waals surface area contributed by atoms with Gasteiger partial charge in [0, 0.05) is 12.8 Å². The fourth-order valence-electron chi connectivity index (χ4n) is 2.82. The van der Waals surface area contributed by atoms with E-state index in [0.717, 1.165) is 12.8 Å². The van der Waals surface area contributed by atoms with E-state index in [2.05, 4.69) is 0 Å². The molecule has 5 atom stereocenters. The number of carbonyl (C=O) groups is 1. The molecule has 0 aromatic rings. The molecule has 0 unspecified atom stereocenters. The van der Waals surface area contributed by atoms with Gasteiger partial charge in [-0.1, -0.05) is 55.5 Å².